The van der Waals surface area contributed by atoms with E-state index in [2.05, 4.69) is 9.97 Å². The Hall–Kier alpha value is -1.84. The first-order chi connectivity index (χ1) is 7.61. The molecule has 1 heterocycles. The Morgan fingerprint density at radius 2 is 1.88 bits per heavy atom. The van der Waals surface area contributed by atoms with Gasteiger partial charge in [0.15, 0.2) is 0 Å². The summed E-state index contributed by atoms with van der Waals surface area (Å²) in [5, 5.41) is 0. The molecule has 4 nitrogen and oxygen atoms in total. The molecule has 0 fully saturated rings. The second kappa shape index (κ2) is 3.96. The molecule has 0 radical (unpaired) electrons. The standard InChI is InChI=1S/C12H15N3O/c1-8-12(15(2)3)14-11-7-9(16-4)5-6-10(11)13-8/h5-7H,1-4H3. The van der Waals surface area contributed by atoms with Gasteiger partial charge in [-0.3, -0.25) is 0 Å². The lowest BCUT2D eigenvalue weighted by atomic mass is 10.2. The number of fused-ring (bicyclic) bond motifs is 1. The van der Waals surface area contributed by atoms with E-state index in [9.17, 15) is 0 Å². The average molecular weight is 217 g/mol. The fourth-order valence-corrected chi connectivity index (χ4v) is 1.66. The first kappa shape index (κ1) is 10.7. The van der Waals surface area contributed by atoms with E-state index in [1.807, 2.05) is 44.1 Å². The third-order valence-electron chi connectivity index (χ3n) is 2.44. The molecule has 0 aliphatic heterocycles. The lowest BCUT2D eigenvalue weighted by Gasteiger charge is -2.14. The second-order valence-corrected chi connectivity index (χ2v) is 3.88. The van der Waals surface area contributed by atoms with Gasteiger partial charge in [0.1, 0.15) is 11.6 Å². The maximum atomic E-state index is 5.17. The third-order valence-corrected chi connectivity index (χ3v) is 2.44. The minimum absolute atomic E-state index is 0.801. The summed E-state index contributed by atoms with van der Waals surface area (Å²) in [6, 6.07) is 5.72. The highest BCUT2D eigenvalue weighted by molar-refractivity contribution is 5.78. The molecule has 4 heteroatoms. The SMILES string of the molecule is COc1ccc2nc(C)c(N(C)C)nc2c1. The highest BCUT2D eigenvalue weighted by Crippen LogP contribution is 2.21. The van der Waals surface area contributed by atoms with Crippen molar-refractivity contribution in [3.63, 3.8) is 0 Å². The molecule has 1 aromatic carbocycles. The first-order valence-electron chi connectivity index (χ1n) is 5.11. The molecular formula is C12H15N3O. The highest BCUT2D eigenvalue weighted by atomic mass is 16.5. The quantitative estimate of drug-likeness (QED) is 0.771. The lowest BCUT2D eigenvalue weighted by Crippen LogP contribution is -2.13. The van der Waals surface area contributed by atoms with E-state index in [4.69, 9.17) is 4.74 Å². The van der Waals surface area contributed by atoms with Crippen molar-refractivity contribution in [2.45, 2.75) is 6.92 Å². The summed E-state index contributed by atoms with van der Waals surface area (Å²) in [5.41, 5.74) is 2.68. The number of aryl methyl sites for hydroxylation is 1. The highest BCUT2D eigenvalue weighted by Gasteiger charge is 2.07. The summed E-state index contributed by atoms with van der Waals surface area (Å²) >= 11 is 0. The summed E-state index contributed by atoms with van der Waals surface area (Å²) in [7, 11) is 5.57. The molecule has 2 aromatic rings. The summed E-state index contributed by atoms with van der Waals surface area (Å²) in [4.78, 5) is 11.0. The van der Waals surface area contributed by atoms with Crippen molar-refractivity contribution < 1.29 is 4.74 Å². The number of rotatable bonds is 2. The Morgan fingerprint density at radius 3 is 2.50 bits per heavy atom. The van der Waals surface area contributed by atoms with Gasteiger partial charge in [0.05, 0.1) is 23.8 Å². The summed E-state index contributed by atoms with van der Waals surface area (Å²) in [6.07, 6.45) is 0. The van der Waals surface area contributed by atoms with Gasteiger partial charge in [-0.2, -0.15) is 0 Å². The Bertz CT molecular complexity index is 523. The number of aromatic nitrogens is 2. The molecule has 0 aliphatic carbocycles. The van der Waals surface area contributed by atoms with E-state index in [0.29, 0.717) is 0 Å². The zero-order valence-electron chi connectivity index (χ0n) is 9.98. The molecule has 0 saturated heterocycles. The van der Waals surface area contributed by atoms with Crippen LogP contribution in [0, 0.1) is 6.92 Å². The van der Waals surface area contributed by atoms with E-state index in [-0.39, 0.29) is 0 Å². The zero-order valence-corrected chi connectivity index (χ0v) is 9.98. The zero-order chi connectivity index (χ0) is 11.7. The van der Waals surface area contributed by atoms with Gasteiger partial charge >= 0.3 is 0 Å². The lowest BCUT2D eigenvalue weighted by molar-refractivity contribution is 0.415. The Labute approximate surface area is 94.9 Å². The van der Waals surface area contributed by atoms with Gasteiger partial charge in [0, 0.05) is 20.2 Å². The Balaban J connectivity index is 2.65. The molecule has 0 unspecified atom stereocenters. The van der Waals surface area contributed by atoms with Crippen molar-refractivity contribution in [3.8, 4) is 5.75 Å². The van der Waals surface area contributed by atoms with Gasteiger partial charge in [-0.15, -0.1) is 0 Å². The molecule has 0 spiro atoms. The van der Waals surface area contributed by atoms with Crippen molar-refractivity contribution in [1.29, 1.82) is 0 Å². The maximum absolute atomic E-state index is 5.17. The Kier molecular flexibility index (Phi) is 2.64. The second-order valence-electron chi connectivity index (χ2n) is 3.88. The van der Waals surface area contributed by atoms with E-state index < -0.39 is 0 Å². The van der Waals surface area contributed by atoms with Crippen LogP contribution in [-0.4, -0.2) is 31.2 Å². The van der Waals surface area contributed by atoms with E-state index >= 15 is 0 Å². The number of ether oxygens (including phenoxy) is 1. The van der Waals surface area contributed by atoms with Gasteiger partial charge in [-0.25, -0.2) is 9.97 Å². The van der Waals surface area contributed by atoms with E-state index in [1.54, 1.807) is 7.11 Å². The van der Waals surface area contributed by atoms with Crippen molar-refractivity contribution in [1.82, 2.24) is 9.97 Å². The Morgan fingerprint density at radius 1 is 1.12 bits per heavy atom. The number of methoxy groups -OCH3 is 1. The van der Waals surface area contributed by atoms with Crippen molar-refractivity contribution in [2.75, 3.05) is 26.1 Å². The first-order valence-corrected chi connectivity index (χ1v) is 5.11. The number of hydrogen-bond acceptors (Lipinski definition) is 4. The van der Waals surface area contributed by atoms with Crippen LogP contribution in [0.25, 0.3) is 11.0 Å². The fraction of sp³-hybridized carbons (Fsp3) is 0.333. The van der Waals surface area contributed by atoms with Crippen LogP contribution in [0.3, 0.4) is 0 Å². The summed E-state index contributed by atoms with van der Waals surface area (Å²) in [5.74, 6) is 1.69. The average Bonchev–Trinajstić information content (AvgIpc) is 2.27. The van der Waals surface area contributed by atoms with Crippen molar-refractivity contribution >= 4 is 16.9 Å². The predicted octanol–water partition coefficient (Wildman–Crippen LogP) is 2.01. The van der Waals surface area contributed by atoms with Gasteiger partial charge in [-0.05, 0) is 19.1 Å². The number of hydrogen-bond donors (Lipinski definition) is 0. The molecule has 0 N–H and O–H groups in total. The van der Waals surface area contributed by atoms with Crippen LogP contribution in [0.15, 0.2) is 18.2 Å². The van der Waals surface area contributed by atoms with Crippen molar-refractivity contribution in [3.05, 3.63) is 23.9 Å². The molecule has 0 aliphatic rings. The van der Waals surface area contributed by atoms with E-state index in [0.717, 1.165) is 28.3 Å². The summed E-state index contributed by atoms with van der Waals surface area (Å²) < 4.78 is 5.17. The van der Waals surface area contributed by atoms with Crippen LogP contribution < -0.4 is 9.64 Å². The van der Waals surface area contributed by atoms with E-state index in [1.165, 1.54) is 0 Å². The van der Waals surface area contributed by atoms with Crippen LogP contribution in [0.4, 0.5) is 5.82 Å². The van der Waals surface area contributed by atoms with Gasteiger partial charge < -0.3 is 9.64 Å². The number of anilines is 1. The maximum Gasteiger partial charge on any atom is 0.150 e. The fourth-order valence-electron chi connectivity index (χ4n) is 1.66. The minimum atomic E-state index is 0.801. The third kappa shape index (κ3) is 1.78. The molecule has 1 aromatic heterocycles. The largest absolute Gasteiger partial charge is 0.497 e. The van der Waals surface area contributed by atoms with Crippen LogP contribution >= 0.6 is 0 Å². The number of benzene rings is 1. The molecular weight excluding hydrogens is 202 g/mol. The molecule has 0 saturated carbocycles. The monoisotopic (exact) mass is 217 g/mol. The summed E-state index contributed by atoms with van der Waals surface area (Å²) in [6.45, 7) is 1.96. The minimum Gasteiger partial charge on any atom is -0.497 e. The molecule has 0 bridgehead atoms. The number of nitrogens with zero attached hydrogens (tertiary/aromatic N) is 3. The van der Waals surface area contributed by atoms with Gasteiger partial charge in [-0.1, -0.05) is 0 Å². The smallest absolute Gasteiger partial charge is 0.150 e. The van der Waals surface area contributed by atoms with Gasteiger partial charge in [0.2, 0.25) is 0 Å². The molecule has 2 rings (SSSR count). The van der Waals surface area contributed by atoms with Crippen LogP contribution in [-0.2, 0) is 0 Å². The van der Waals surface area contributed by atoms with Crippen LogP contribution in [0.2, 0.25) is 0 Å². The molecule has 0 amide bonds. The van der Waals surface area contributed by atoms with Gasteiger partial charge in [0.25, 0.3) is 0 Å². The molecule has 16 heavy (non-hydrogen) atoms. The van der Waals surface area contributed by atoms with Crippen molar-refractivity contribution in [2.24, 2.45) is 0 Å². The predicted molar refractivity (Wildman–Crippen MR) is 65.2 cm³/mol. The molecule has 0 atom stereocenters. The topological polar surface area (TPSA) is 38.2 Å². The van der Waals surface area contributed by atoms with Crippen LogP contribution in [0.1, 0.15) is 5.69 Å². The normalized spacial score (nSPS) is 10.5. The van der Waals surface area contributed by atoms with Crippen LogP contribution in [0.5, 0.6) is 5.75 Å². The molecule has 84 valence electrons.